The Labute approximate surface area is 145 Å². The lowest BCUT2D eigenvalue weighted by atomic mass is 10.1. The fourth-order valence-corrected chi connectivity index (χ4v) is 2.81. The lowest BCUT2D eigenvalue weighted by molar-refractivity contribution is 0.102. The van der Waals surface area contributed by atoms with Crippen molar-refractivity contribution in [2.75, 3.05) is 10.6 Å². The first-order valence-corrected chi connectivity index (χ1v) is 8.01. The molecule has 25 heavy (non-hydrogen) atoms. The van der Waals surface area contributed by atoms with E-state index in [2.05, 4.69) is 20.7 Å². The molecule has 6 heteroatoms. The molecule has 4 rings (SSSR count). The van der Waals surface area contributed by atoms with Crippen molar-refractivity contribution < 1.29 is 4.79 Å². The van der Waals surface area contributed by atoms with Crippen LogP contribution in [0.15, 0.2) is 59.7 Å². The van der Waals surface area contributed by atoms with Gasteiger partial charge in [-0.15, -0.1) is 0 Å². The Morgan fingerprint density at radius 2 is 2.04 bits per heavy atom. The number of aromatic nitrogens is 2. The molecular weight excluding hydrogens is 314 g/mol. The molecule has 2 heterocycles. The number of carbonyl (C=O) groups is 1. The molecule has 1 aromatic heterocycles. The van der Waals surface area contributed by atoms with Crippen molar-refractivity contribution >= 4 is 23.8 Å². The Balaban J connectivity index is 1.75. The minimum Gasteiger partial charge on any atom is -0.331 e. The average Bonchev–Trinajstić information content (AvgIpc) is 3.06. The van der Waals surface area contributed by atoms with Crippen LogP contribution in [-0.2, 0) is 6.54 Å². The molecular formula is C19H17N5O. The number of hydrogen-bond donors (Lipinski definition) is 2. The van der Waals surface area contributed by atoms with E-state index in [9.17, 15) is 4.79 Å². The number of para-hydroxylation sites is 1. The van der Waals surface area contributed by atoms with E-state index < -0.39 is 0 Å². The number of aliphatic imine (C=N–C) groups is 1. The van der Waals surface area contributed by atoms with Gasteiger partial charge >= 0.3 is 0 Å². The van der Waals surface area contributed by atoms with Crippen LogP contribution in [0.2, 0.25) is 0 Å². The second kappa shape index (κ2) is 6.24. The minimum absolute atomic E-state index is 0.171. The first-order valence-electron chi connectivity index (χ1n) is 8.01. The highest BCUT2D eigenvalue weighted by Gasteiger charge is 2.19. The van der Waals surface area contributed by atoms with E-state index in [0.29, 0.717) is 12.1 Å². The number of aryl methyl sites for hydroxylation is 1. The molecule has 0 bridgehead atoms. The molecule has 0 spiro atoms. The summed E-state index contributed by atoms with van der Waals surface area (Å²) in [4.78, 5) is 17.0. The van der Waals surface area contributed by atoms with Crippen LogP contribution in [-0.4, -0.2) is 22.0 Å². The summed E-state index contributed by atoms with van der Waals surface area (Å²) in [6.07, 6.45) is 3.43. The summed E-state index contributed by atoms with van der Waals surface area (Å²) in [5, 5.41) is 10.5. The molecule has 6 nitrogen and oxygen atoms in total. The van der Waals surface area contributed by atoms with Crippen LogP contribution >= 0.6 is 0 Å². The van der Waals surface area contributed by atoms with E-state index in [-0.39, 0.29) is 5.91 Å². The maximum atomic E-state index is 12.8. The van der Waals surface area contributed by atoms with Crippen molar-refractivity contribution in [1.82, 2.24) is 9.78 Å². The van der Waals surface area contributed by atoms with Gasteiger partial charge in [-0.25, -0.2) is 4.68 Å². The molecule has 1 aliphatic heterocycles. The predicted molar refractivity (Wildman–Crippen MR) is 98.5 cm³/mol. The normalized spacial score (nSPS) is 12.4. The van der Waals surface area contributed by atoms with E-state index in [4.69, 9.17) is 0 Å². The number of anilines is 2. The number of nitrogens with zero attached hydrogens (tertiary/aromatic N) is 3. The van der Waals surface area contributed by atoms with Gasteiger partial charge in [-0.1, -0.05) is 24.3 Å². The number of rotatable bonds is 3. The number of carbonyl (C=O) groups excluding carboxylic acids is 1. The van der Waals surface area contributed by atoms with E-state index >= 15 is 0 Å². The monoisotopic (exact) mass is 331 g/mol. The average molecular weight is 331 g/mol. The Bertz CT molecular complexity index is 959. The number of amides is 1. The van der Waals surface area contributed by atoms with Gasteiger partial charge < -0.3 is 10.6 Å². The molecule has 0 unspecified atom stereocenters. The third-order valence-corrected chi connectivity index (χ3v) is 4.06. The Morgan fingerprint density at radius 3 is 2.88 bits per heavy atom. The summed E-state index contributed by atoms with van der Waals surface area (Å²) in [6.45, 7) is 2.58. The molecule has 0 saturated carbocycles. The standard InChI is InChI=1S/C19H17N5O/c1-13-7-8-16(19(25)23-15-5-3-2-4-6-15)17(9-13)24-18-14(11-22-24)10-20-12-21-18/h2-9,11-12H,10H2,1H3,(H,20,21)(H,23,25). The Hall–Kier alpha value is -3.41. The minimum atomic E-state index is -0.171. The van der Waals surface area contributed by atoms with Crippen LogP contribution in [0.5, 0.6) is 0 Å². The topological polar surface area (TPSA) is 71.3 Å². The fourth-order valence-electron chi connectivity index (χ4n) is 2.81. The van der Waals surface area contributed by atoms with Crippen molar-refractivity contribution in [2.24, 2.45) is 4.99 Å². The summed E-state index contributed by atoms with van der Waals surface area (Å²) >= 11 is 0. The smallest absolute Gasteiger partial charge is 0.257 e. The molecule has 124 valence electrons. The lowest BCUT2D eigenvalue weighted by Crippen LogP contribution is -2.17. The lowest BCUT2D eigenvalue weighted by Gasteiger charge is -2.15. The quantitative estimate of drug-likeness (QED) is 0.773. The van der Waals surface area contributed by atoms with E-state index in [1.54, 1.807) is 17.2 Å². The summed E-state index contributed by atoms with van der Waals surface area (Å²) in [7, 11) is 0. The zero-order valence-corrected chi connectivity index (χ0v) is 13.7. The molecule has 2 aromatic carbocycles. The molecule has 0 aliphatic carbocycles. The van der Waals surface area contributed by atoms with Gasteiger partial charge in [0.25, 0.3) is 5.91 Å². The van der Waals surface area contributed by atoms with Crippen molar-refractivity contribution in [3.63, 3.8) is 0 Å². The van der Waals surface area contributed by atoms with Gasteiger partial charge in [0.2, 0.25) is 0 Å². The molecule has 0 radical (unpaired) electrons. The van der Waals surface area contributed by atoms with Gasteiger partial charge in [0.15, 0.2) is 0 Å². The number of benzene rings is 2. The maximum absolute atomic E-state index is 12.8. The van der Waals surface area contributed by atoms with Crippen molar-refractivity contribution in [3.8, 4) is 5.69 Å². The van der Waals surface area contributed by atoms with Crippen molar-refractivity contribution in [3.05, 3.63) is 71.4 Å². The highest BCUT2D eigenvalue weighted by molar-refractivity contribution is 6.07. The molecule has 1 amide bonds. The van der Waals surface area contributed by atoms with Crippen molar-refractivity contribution in [2.45, 2.75) is 13.5 Å². The zero-order valence-electron chi connectivity index (χ0n) is 13.7. The van der Waals surface area contributed by atoms with Crippen LogP contribution < -0.4 is 10.6 Å². The summed E-state index contributed by atoms with van der Waals surface area (Å²) < 4.78 is 1.76. The van der Waals surface area contributed by atoms with Crippen LogP contribution in [0.4, 0.5) is 11.5 Å². The number of hydrogen-bond acceptors (Lipinski definition) is 4. The largest absolute Gasteiger partial charge is 0.331 e. The van der Waals surface area contributed by atoms with Gasteiger partial charge in [0.05, 0.1) is 30.3 Å². The summed E-state index contributed by atoms with van der Waals surface area (Å²) in [6, 6.07) is 15.1. The van der Waals surface area contributed by atoms with E-state index in [1.807, 2.05) is 55.5 Å². The van der Waals surface area contributed by atoms with Crippen LogP contribution in [0, 0.1) is 6.92 Å². The predicted octanol–water partition coefficient (Wildman–Crippen LogP) is 3.39. The summed E-state index contributed by atoms with van der Waals surface area (Å²) in [5.41, 5.74) is 4.10. The maximum Gasteiger partial charge on any atom is 0.257 e. The van der Waals surface area contributed by atoms with Crippen LogP contribution in [0.3, 0.4) is 0 Å². The molecule has 0 saturated heterocycles. The SMILES string of the molecule is Cc1ccc(C(=O)Nc2ccccc2)c(-n2ncc3c2NC=NC3)c1. The zero-order chi connectivity index (χ0) is 17.2. The van der Waals surface area contributed by atoms with Gasteiger partial charge in [0.1, 0.15) is 5.82 Å². The van der Waals surface area contributed by atoms with Gasteiger partial charge in [-0.3, -0.25) is 9.79 Å². The fraction of sp³-hybridized carbons (Fsp3) is 0.105. The number of fused-ring (bicyclic) bond motifs is 1. The first-order chi connectivity index (χ1) is 12.2. The van der Waals surface area contributed by atoms with E-state index in [1.165, 1.54) is 0 Å². The molecule has 0 fully saturated rings. The molecule has 2 N–H and O–H groups in total. The summed E-state index contributed by atoms with van der Waals surface area (Å²) in [5.74, 6) is 0.671. The molecule has 3 aromatic rings. The third kappa shape index (κ3) is 2.89. The number of nitrogens with one attached hydrogen (secondary N) is 2. The van der Waals surface area contributed by atoms with Gasteiger partial charge in [-0.05, 0) is 36.8 Å². The Morgan fingerprint density at radius 1 is 1.20 bits per heavy atom. The molecule has 0 atom stereocenters. The van der Waals surface area contributed by atoms with Crippen LogP contribution in [0.25, 0.3) is 5.69 Å². The van der Waals surface area contributed by atoms with Gasteiger partial charge in [0, 0.05) is 11.3 Å². The first kappa shape index (κ1) is 15.1. The Kier molecular flexibility index (Phi) is 3.78. The second-order valence-electron chi connectivity index (χ2n) is 5.89. The second-order valence-corrected chi connectivity index (χ2v) is 5.89. The van der Waals surface area contributed by atoms with Gasteiger partial charge in [-0.2, -0.15) is 5.10 Å². The third-order valence-electron chi connectivity index (χ3n) is 4.06. The van der Waals surface area contributed by atoms with Crippen molar-refractivity contribution in [1.29, 1.82) is 0 Å². The molecule has 1 aliphatic rings. The highest BCUT2D eigenvalue weighted by atomic mass is 16.1. The van der Waals surface area contributed by atoms with E-state index in [0.717, 1.165) is 28.3 Å². The van der Waals surface area contributed by atoms with Crippen LogP contribution in [0.1, 0.15) is 21.5 Å². The highest BCUT2D eigenvalue weighted by Crippen LogP contribution is 2.26.